The molecule has 0 saturated carbocycles. The van der Waals surface area contributed by atoms with Gasteiger partial charge in [-0.3, -0.25) is 4.79 Å². The van der Waals surface area contributed by atoms with Gasteiger partial charge in [0, 0.05) is 5.56 Å². The fourth-order valence-corrected chi connectivity index (χ4v) is 1.84. The summed E-state index contributed by atoms with van der Waals surface area (Å²) in [6, 6.07) is 3.47. The van der Waals surface area contributed by atoms with Gasteiger partial charge in [-0.25, -0.2) is 4.39 Å². The molecule has 0 radical (unpaired) electrons. The number of aromatic nitrogens is 5. The van der Waals surface area contributed by atoms with Crippen molar-refractivity contribution in [2.75, 3.05) is 5.32 Å². The van der Waals surface area contributed by atoms with E-state index in [0.29, 0.717) is 11.8 Å². The van der Waals surface area contributed by atoms with Crippen LogP contribution in [0.25, 0.3) is 11.4 Å². The summed E-state index contributed by atoms with van der Waals surface area (Å²) in [5, 5.41) is 17.6. The number of benzene rings is 1. The smallest absolute Gasteiger partial charge is 0.363 e. The normalized spacial score (nSPS) is 11.5. The molecule has 2 heterocycles. The van der Waals surface area contributed by atoms with E-state index in [4.69, 9.17) is 0 Å². The second kappa shape index (κ2) is 5.72. The molecule has 0 bridgehead atoms. The molecule has 1 aromatic carbocycles. The summed E-state index contributed by atoms with van der Waals surface area (Å²) < 4.78 is 56.1. The number of halogens is 4. The van der Waals surface area contributed by atoms with E-state index < -0.39 is 29.2 Å². The maximum Gasteiger partial charge on any atom is 0.437 e. The quantitative estimate of drug-likeness (QED) is 0.707. The van der Waals surface area contributed by atoms with Crippen molar-refractivity contribution >= 4 is 11.6 Å². The first-order valence-electron chi connectivity index (χ1n) is 6.22. The molecule has 0 fully saturated rings. The number of rotatable bonds is 3. The van der Waals surface area contributed by atoms with Crippen LogP contribution in [0.5, 0.6) is 0 Å². The van der Waals surface area contributed by atoms with Crippen LogP contribution in [0.2, 0.25) is 0 Å². The predicted molar refractivity (Wildman–Crippen MR) is 69.0 cm³/mol. The first-order valence-corrected chi connectivity index (χ1v) is 6.22. The summed E-state index contributed by atoms with van der Waals surface area (Å²) in [5.74, 6) is -1.97. The lowest BCUT2D eigenvalue weighted by molar-refractivity contribution is -0.143. The summed E-state index contributed by atoms with van der Waals surface area (Å²) in [6.07, 6.45) is -4.36. The molecule has 12 heteroatoms. The monoisotopic (exact) mass is 342 g/mol. The van der Waals surface area contributed by atoms with E-state index in [1.54, 1.807) is 0 Å². The topological polar surface area (TPSA) is 110 Å². The first kappa shape index (κ1) is 15.6. The molecule has 3 rings (SSSR count). The molecule has 2 N–H and O–H groups in total. The van der Waals surface area contributed by atoms with Crippen LogP contribution < -0.4 is 5.32 Å². The maximum absolute atomic E-state index is 13.8. The van der Waals surface area contributed by atoms with Gasteiger partial charge in [-0.1, -0.05) is 5.16 Å². The van der Waals surface area contributed by atoms with Crippen LogP contribution in [0.15, 0.2) is 29.0 Å². The van der Waals surface area contributed by atoms with Crippen molar-refractivity contribution < 1.29 is 26.9 Å². The number of nitrogens with one attached hydrogen (secondary N) is 2. The van der Waals surface area contributed by atoms with Crippen molar-refractivity contribution in [3.05, 3.63) is 41.5 Å². The van der Waals surface area contributed by atoms with Gasteiger partial charge in [-0.15, -0.1) is 10.2 Å². The lowest BCUT2D eigenvalue weighted by atomic mass is 10.1. The molecule has 0 spiro atoms. The number of carbonyl (C=O) groups excluding carboxylic acids is 1. The Kier molecular flexibility index (Phi) is 3.71. The van der Waals surface area contributed by atoms with Crippen LogP contribution in [0.4, 0.5) is 23.2 Å². The molecule has 0 aliphatic rings. The second-order valence-corrected chi connectivity index (χ2v) is 4.46. The lowest BCUT2D eigenvalue weighted by Crippen LogP contribution is -2.18. The van der Waals surface area contributed by atoms with Gasteiger partial charge in [-0.2, -0.15) is 18.4 Å². The number of hydrogen-bond donors (Lipinski definition) is 2. The van der Waals surface area contributed by atoms with E-state index in [0.717, 1.165) is 12.1 Å². The van der Waals surface area contributed by atoms with Gasteiger partial charge in [0.15, 0.2) is 5.69 Å². The Hall–Kier alpha value is -3.31. The molecule has 2 aromatic heterocycles. The Labute approximate surface area is 129 Å². The molecule has 24 heavy (non-hydrogen) atoms. The average molecular weight is 342 g/mol. The highest BCUT2D eigenvalue weighted by Crippen LogP contribution is 2.31. The zero-order valence-electron chi connectivity index (χ0n) is 11.4. The van der Waals surface area contributed by atoms with E-state index in [1.807, 2.05) is 5.32 Å². The van der Waals surface area contributed by atoms with Gasteiger partial charge in [0.05, 0.1) is 5.69 Å². The molecule has 0 atom stereocenters. The fraction of sp³-hybridized carbons (Fsp3) is 0.0833. The SMILES string of the molecule is O=C(Nc1cc(-c2nn[nH]n2)ccc1F)c1conc1C(F)(F)F. The molecule has 0 saturated heterocycles. The fourth-order valence-electron chi connectivity index (χ4n) is 1.84. The summed E-state index contributed by atoms with van der Waals surface area (Å²) in [7, 11) is 0. The number of amides is 1. The number of anilines is 1. The largest absolute Gasteiger partial charge is 0.437 e. The van der Waals surface area contributed by atoms with Gasteiger partial charge in [0.25, 0.3) is 5.91 Å². The third-order valence-electron chi connectivity index (χ3n) is 2.90. The van der Waals surface area contributed by atoms with E-state index in [1.165, 1.54) is 6.07 Å². The Balaban J connectivity index is 1.90. The van der Waals surface area contributed by atoms with Crippen LogP contribution in [0.3, 0.4) is 0 Å². The Morgan fingerprint density at radius 3 is 2.75 bits per heavy atom. The standard InChI is InChI=1S/C12H6F4N6O2/c13-7-2-1-5(10-18-21-22-19-10)3-8(7)17-11(23)6-4-24-20-9(6)12(14,15)16/h1-4H,(H,17,23)(H,18,19,21,22). The van der Waals surface area contributed by atoms with Crippen LogP contribution in [0, 0.1) is 5.82 Å². The van der Waals surface area contributed by atoms with Crippen molar-refractivity contribution in [2.24, 2.45) is 0 Å². The molecule has 3 aromatic rings. The Bertz CT molecular complexity index is 874. The molecule has 0 unspecified atom stereocenters. The maximum atomic E-state index is 13.8. The van der Waals surface area contributed by atoms with Crippen molar-refractivity contribution in [2.45, 2.75) is 6.18 Å². The van der Waals surface area contributed by atoms with Crippen LogP contribution >= 0.6 is 0 Å². The van der Waals surface area contributed by atoms with E-state index in [-0.39, 0.29) is 11.5 Å². The molecular weight excluding hydrogens is 336 g/mol. The van der Waals surface area contributed by atoms with E-state index in [9.17, 15) is 22.4 Å². The van der Waals surface area contributed by atoms with E-state index in [2.05, 4.69) is 30.3 Å². The summed E-state index contributed by atoms with van der Waals surface area (Å²) in [5.41, 5.74) is -2.44. The minimum atomic E-state index is -4.88. The minimum absolute atomic E-state index is 0.117. The van der Waals surface area contributed by atoms with Crippen LogP contribution in [-0.4, -0.2) is 31.7 Å². The minimum Gasteiger partial charge on any atom is -0.363 e. The van der Waals surface area contributed by atoms with Gasteiger partial charge < -0.3 is 9.84 Å². The first-order chi connectivity index (χ1) is 11.4. The Morgan fingerprint density at radius 1 is 1.29 bits per heavy atom. The number of nitrogens with zero attached hydrogens (tertiary/aromatic N) is 4. The zero-order chi connectivity index (χ0) is 17.3. The zero-order valence-corrected chi connectivity index (χ0v) is 11.4. The van der Waals surface area contributed by atoms with Crippen LogP contribution in [-0.2, 0) is 6.18 Å². The second-order valence-electron chi connectivity index (χ2n) is 4.46. The summed E-state index contributed by atoms with van der Waals surface area (Å²) in [6.45, 7) is 0. The van der Waals surface area contributed by atoms with Gasteiger partial charge in [0.2, 0.25) is 5.82 Å². The number of H-pyrrole nitrogens is 1. The van der Waals surface area contributed by atoms with Gasteiger partial charge in [-0.05, 0) is 23.4 Å². The van der Waals surface area contributed by atoms with Gasteiger partial charge >= 0.3 is 6.18 Å². The molecule has 0 aliphatic heterocycles. The van der Waals surface area contributed by atoms with Crippen molar-refractivity contribution in [3.8, 4) is 11.4 Å². The van der Waals surface area contributed by atoms with Crippen molar-refractivity contribution in [1.29, 1.82) is 0 Å². The Morgan fingerprint density at radius 2 is 2.08 bits per heavy atom. The number of hydrogen-bond acceptors (Lipinski definition) is 6. The molecule has 0 aliphatic carbocycles. The number of tetrazole rings is 1. The van der Waals surface area contributed by atoms with E-state index >= 15 is 0 Å². The van der Waals surface area contributed by atoms with Crippen molar-refractivity contribution in [3.63, 3.8) is 0 Å². The van der Waals surface area contributed by atoms with Gasteiger partial charge in [0.1, 0.15) is 17.6 Å². The predicted octanol–water partition coefficient (Wildman–Crippen LogP) is 2.26. The molecule has 8 nitrogen and oxygen atoms in total. The number of aromatic amines is 1. The molecule has 124 valence electrons. The van der Waals surface area contributed by atoms with Crippen molar-refractivity contribution in [1.82, 2.24) is 25.8 Å². The highest BCUT2D eigenvalue weighted by atomic mass is 19.4. The summed E-state index contributed by atoms with van der Waals surface area (Å²) in [4.78, 5) is 12.0. The third-order valence-corrected chi connectivity index (χ3v) is 2.90. The number of carbonyl (C=O) groups is 1. The molecular formula is C12H6F4N6O2. The highest BCUT2D eigenvalue weighted by molar-refractivity contribution is 6.05. The lowest BCUT2D eigenvalue weighted by Gasteiger charge is -2.08. The summed E-state index contributed by atoms with van der Waals surface area (Å²) >= 11 is 0. The van der Waals surface area contributed by atoms with Crippen LogP contribution in [0.1, 0.15) is 16.1 Å². The third kappa shape index (κ3) is 2.93. The molecule has 1 amide bonds. The average Bonchev–Trinajstić information content (AvgIpc) is 3.20. The number of alkyl halides is 3. The highest BCUT2D eigenvalue weighted by Gasteiger charge is 2.39.